The average molecular weight is 274 g/mol. The molecule has 0 radical (unpaired) electrons. The van der Waals surface area contributed by atoms with Gasteiger partial charge in [-0.25, -0.2) is 9.37 Å². The molecule has 0 aliphatic carbocycles. The van der Waals surface area contributed by atoms with Gasteiger partial charge in [0.05, 0.1) is 0 Å². The van der Waals surface area contributed by atoms with Gasteiger partial charge in [-0.05, 0) is 51.2 Å². The quantitative estimate of drug-likeness (QED) is 0.826. The maximum absolute atomic E-state index is 13.6. The highest BCUT2D eigenvalue weighted by Crippen LogP contribution is 2.28. The molecule has 0 atom stereocenters. The van der Waals surface area contributed by atoms with Crippen LogP contribution in [0, 0.1) is 5.82 Å². The summed E-state index contributed by atoms with van der Waals surface area (Å²) in [6.07, 6.45) is 3.85. The van der Waals surface area contributed by atoms with Crippen LogP contribution in [0.25, 0.3) is 10.8 Å². The summed E-state index contributed by atoms with van der Waals surface area (Å²) in [6, 6.07) is 5.05. The number of anilines is 2. The number of pyridine rings is 1. The van der Waals surface area contributed by atoms with E-state index in [1.807, 2.05) is 6.07 Å². The fourth-order valence-corrected chi connectivity index (χ4v) is 2.74. The van der Waals surface area contributed by atoms with Crippen molar-refractivity contribution in [1.82, 2.24) is 9.88 Å². The van der Waals surface area contributed by atoms with Gasteiger partial charge in [-0.2, -0.15) is 0 Å². The van der Waals surface area contributed by atoms with Gasteiger partial charge in [0, 0.05) is 28.7 Å². The Hall–Kier alpha value is -1.88. The first-order valence-electron chi connectivity index (χ1n) is 6.92. The van der Waals surface area contributed by atoms with Gasteiger partial charge < -0.3 is 16.0 Å². The molecule has 2 aromatic rings. The zero-order valence-electron chi connectivity index (χ0n) is 11.6. The first kappa shape index (κ1) is 13.1. The number of benzene rings is 1. The van der Waals surface area contributed by atoms with Crippen LogP contribution in [0.15, 0.2) is 24.4 Å². The summed E-state index contributed by atoms with van der Waals surface area (Å²) >= 11 is 0. The standard InChI is InChI=1S/C15H19FN4/c1-20-6-3-11(4-7-20)19-15-13-8-10(16)9-14(17)12(13)2-5-18-15/h2,5,8-9,11H,3-4,6-7,17H2,1H3,(H,18,19). The van der Waals surface area contributed by atoms with Gasteiger partial charge in [0.25, 0.3) is 0 Å². The summed E-state index contributed by atoms with van der Waals surface area (Å²) in [5.74, 6) is 0.401. The van der Waals surface area contributed by atoms with Crippen LogP contribution in [-0.2, 0) is 0 Å². The lowest BCUT2D eigenvalue weighted by Gasteiger charge is -2.30. The molecule has 0 spiro atoms. The molecule has 1 saturated heterocycles. The van der Waals surface area contributed by atoms with Crippen molar-refractivity contribution in [1.29, 1.82) is 0 Å². The van der Waals surface area contributed by atoms with Gasteiger partial charge in [-0.15, -0.1) is 0 Å². The zero-order chi connectivity index (χ0) is 14.1. The Morgan fingerprint density at radius 2 is 2.05 bits per heavy atom. The Bertz CT molecular complexity index is 621. The molecule has 5 heteroatoms. The van der Waals surface area contributed by atoms with Crippen LogP contribution in [0.4, 0.5) is 15.9 Å². The van der Waals surface area contributed by atoms with Gasteiger partial charge in [-0.1, -0.05) is 0 Å². The van der Waals surface area contributed by atoms with Gasteiger partial charge in [0.2, 0.25) is 0 Å². The third-order valence-electron chi connectivity index (χ3n) is 3.94. The van der Waals surface area contributed by atoms with Crippen LogP contribution in [0.3, 0.4) is 0 Å². The largest absolute Gasteiger partial charge is 0.398 e. The monoisotopic (exact) mass is 274 g/mol. The fourth-order valence-electron chi connectivity index (χ4n) is 2.74. The minimum Gasteiger partial charge on any atom is -0.398 e. The van der Waals surface area contributed by atoms with Crippen LogP contribution >= 0.6 is 0 Å². The van der Waals surface area contributed by atoms with Crippen molar-refractivity contribution < 1.29 is 4.39 Å². The number of hydrogen-bond acceptors (Lipinski definition) is 4. The number of rotatable bonds is 2. The fraction of sp³-hybridized carbons (Fsp3) is 0.400. The van der Waals surface area contributed by atoms with Gasteiger partial charge in [0.15, 0.2) is 0 Å². The zero-order valence-corrected chi connectivity index (χ0v) is 11.6. The summed E-state index contributed by atoms with van der Waals surface area (Å²) in [7, 11) is 2.13. The topological polar surface area (TPSA) is 54.2 Å². The van der Waals surface area contributed by atoms with E-state index in [0.29, 0.717) is 11.7 Å². The highest BCUT2D eigenvalue weighted by atomic mass is 19.1. The number of nitrogens with two attached hydrogens (primary N) is 1. The summed E-state index contributed by atoms with van der Waals surface area (Å²) in [5, 5.41) is 5.04. The number of nitrogens with one attached hydrogen (secondary N) is 1. The number of nitrogens with zero attached hydrogens (tertiary/aromatic N) is 2. The second-order valence-electron chi connectivity index (χ2n) is 5.47. The molecule has 20 heavy (non-hydrogen) atoms. The van der Waals surface area contributed by atoms with Crippen molar-refractivity contribution in [3.05, 3.63) is 30.2 Å². The van der Waals surface area contributed by atoms with E-state index in [9.17, 15) is 4.39 Å². The number of halogens is 1. The third-order valence-corrected chi connectivity index (χ3v) is 3.94. The molecular formula is C15H19FN4. The molecule has 1 aromatic carbocycles. The van der Waals surface area contributed by atoms with Gasteiger partial charge in [-0.3, -0.25) is 0 Å². The molecule has 3 rings (SSSR count). The molecule has 0 amide bonds. The third kappa shape index (κ3) is 2.54. The maximum atomic E-state index is 13.6. The summed E-state index contributed by atoms with van der Waals surface area (Å²) in [4.78, 5) is 6.67. The van der Waals surface area contributed by atoms with Crippen molar-refractivity contribution >= 4 is 22.3 Å². The molecule has 4 nitrogen and oxygen atoms in total. The highest BCUT2D eigenvalue weighted by Gasteiger charge is 2.18. The van der Waals surface area contributed by atoms with Crippen molar-refractivity contribution in [2.45, 2.75) is 18.9 Å². The summed E-state index contributed by atoms with van der Waals surface area (Å²) in [5.41, 5.74) is 6.33. The van der Waals surface area contributed by atoms with Gasteiger partial charge >= 0.3 is 0 Å². The minimum absolute atomic E-state index is 0.325. The number of nitrogen functional groups attached to an aromatic ring is 1. The van der Waals surface area contributed by atoms with Crippen LogP contribution in [0.2, 0.25) is 0 Å². The Kier molecular flexibility index (Phi) is 3.44. The van der Waals surface area contributed by atoms with Crippen LogP contribution in [0.1, 0.15) is 12.8 Å². The lowest BCUT2D eigenvalue weighted by Crippen LogP contribution is -2.36. The second kappa shape index (κ2) is 5.25. The van der Waals surface area contributed by atoms with Crippen LogP contribution in [-0.4, -0.2) is 36.1 Å². The molecule has 106 valence electrons. The normalized spacial score (nSPS) is 17.5. The van der Waals surface area contributed by atoms with E-state index in [0.717, 1.165) is 42.5 Å². The van der Waals surface area contributed by atoms with Crippen molar-refractivity contribution in [3.63, 3.8) is 0 Å². The number of likely N-dealkylation sites (tertiary alicyclic amines) is 1. The SMILES string of the molecule is CN1CCC(Nc2nccc3c(N)cc(F)cc23)CC1. The number of hydrogen-bond donors (Lipinski definition) is 2. The predicted molar refractivity (Wildman–Crippen MR) is 80.3 cm³/mol. The van der Waals surface area contributed by atoms with Crippen LogP contribution < -0.4 is 11.1 Å². The molecule has 1 aliphatic rings. The molecule has 2 heterocycles. The summed E-state index contributed by atoms with van der Waals surface area (Å²) < 4.78 is 13.6. The minimum atomic E-state index is -0.325. The van der Waals surface area contributed by atoms with Crippen molar-refractivity contribution in [3.8, 4) is 0 Å². The van der Waals surface area contributed by atoms with E-state index in [1.54, 1.807) is 6.20 Å². The van der Waals surface area contributed by atoms with Gasteiger partial charge in [0.1, 0.15) is 11.6 Å². The lowest BCUT2D eigenvalue weighted by molar-refractivity contribution is 0.264. The molecule has 0 saturated carbocycles. The average Bonchev–Trinajstić information content (AvgIpc) is 2.42. The van der Waals surface area contributed by atoms with E-state index in [4.69, 9.17) is 5.73 Å². The predicted octanol–water partition coefficient (Wildman–Crippen LogP) is 2.46. The molecule has 1 fully saturated rings. The Morgan fingerprint density at radius 3 is 2.80 bits per heavy atom. The Morgan fingerprint density at radius 1 is 1.30 bits per heavy atom. The summed E-state index contributed by atoms with van der Waals surface area (Å²) in [6.45, 7) is 2.14. The Labute approximate surface area is 117 Å². The Balaban J connectivity index is 1.91. The lowest BCUT2D eigenvalue weighted by atomic mass is 10.0. The number of fused-ring (bicyclic) bond motifs is 1. The molecule has 3 N–H and O–H groups in total. The molecule has 1 aromatic heterocycles. The second-order valence-corrected chi connectivity index (χ2v) is 5.47. The van der Waals surface area contributed by atoms with Crippen molar-refractivity contribution in [2.75, 3.05) is 31.2 Å². The molecule has 1 aliphatic heterocycles. The van der Waals surface area contributed by atoms with E-state index < -0.39 is 0 Å². The first-order chi connectivity index (χ1) is 9.63. The van der Waals surface area contributed by atoms with E-state index in [1.165, 1.54) is 12.1 Å². The van der Waals surface area contributed by atoms with E-state index >= 15 is 0 Å². The first-order valence-corrected chi connectivity index (χ1v) is 6.92. The highest BCUT2D eigenvalue weighted by molar-refractivity contribution is 5.99. The molecule has 0 bridgehead atoms. The molecular weight excluding hydrogens is 255 g/mol. The smallest absolute Gasteiger partial charge is 0.134 e. The van der Waals surface area contributed by atoms with E-state index in [2.05, 4.69) is 22.2 Å². The van der Waals surface area contributed by atoms with E-state index in [-0.39, 0.29) is 5.82 Å². The number of aromatic nitrogens is 1. The number of piperidine rings is 1. The van der Waals surface area contributed by atoms with Crippen molar-refractivity contribution in [2.24, 2.45) is 0 Å². The molecule has 0 unspecified atom stereocenters. The maximum Gasteiger partial charge on any atom is 0.134 e. The van der Waals surface area contributed by atoms with Crippen LogP contribution in [0.5, 0.6) is 0 Å².